The molecule has 172 valence electrons. The average Bonchev–Trinajstić information content (AvgIpc) is 2.78. The number of carbonyl (C=O) groups excluding carboxylic acids is 1. The maximum absolute atomic E-state index is 13.2. The zero-order chi connectivity index (χ0) is 23.3. The van der Waals surface area contributed by atoms with Gasteiger partial charge in [0.15, 0.2) is 0 Å². The predicted octanol–water partition coefficient (Wildman–Crippen LogP) is 7.05. The zero-order valence-corrected chi connectivity index (χ0v) is 20.3. The Bertz CT molecular complexity index is 978. The monoisotopic (exact) mass is 456 g/mol. The number of rotatable bonds is 4. The number of fused-ring (bicyclic) bond motifs is 1. The fourth-order valence-corrected chi connectivity index (χ4v) is 4.73. The highest BCUT2D eigenvalue weighted by Gasteiger charge is 2.28. The van der Waals surface area contributed by atoms with Crippen LogP contribution in [0.5, 0.6) is 0 Å². The van der Waals surface area contributed by atoms with Crippen LogP contribution in [0.15, 0.2) is 42.5 Å². The quantitative estimate of drug-likeness (QED) is 0.534. The van der Waals surface area contributed by atoms with Gasteiger partial charge in [-0.3, -0.25) is 9.69 Å². The van der Waals surface area contributed by atoms with E-state index in [1.54, 1.807) is 6.07 Å². The summed E-state index contributed by atoms with van der Waals surface area (Å²) in [5, 5.41) is 3.64. The molecular formula is C27H34ClFN2O. The van der Waals surface area contributed by atoms with Gasteiger partial charge in [-0.05, 0) is 67.1 Å². The summed E-state index contributed by atoms with van der Waals surface area (Å²) < 4.78 is 13.2. The van der Waals surface area contributed by atoms with Gasteiger partial charge >= 0.3 is 0 Å². The average molecular weight is 457 g/mol. The summed E-state index contributed by atoms with van der Waals surface area (Å²) in [6.45, 7) is 10.8. The van der Waals surface area contributed by atoms with E-state index in [1.165, 1.54) is 17.7 Å². The largest absolute Gasteiger partial charge is 0.325 e. The van der Waals surface area contributed by atoms with E-state index < -0.39 is 0 Å². The Morgan fingerprint density at radius 3 is 2.59 bits per heavy atom. The molecule has 2 aromatic rings. The SMILES string of the molecule is CC.CC1(C)CC=Cc2c(NC(=O)C3CCN(Cc4ccc(F)cc4Cl)CC3)cccc21. The van der Waals surface area contributed by atoms with Crippen LogP contribution in [0.1, 0.15) is 63.6 Å². The topological polar surface area (TPSA) is 32.3 Å². The Balaban J connectivity index is 0.00000141. The van der Waals surface area contributed by atoms with Gasteiger partial charge in [0.05, 0.1) is 0 Å². The van der Waals surface area contributed by atoms with Gasteiger partial charge in [-0.25, -0.2) is 4.39 Å². The number of halogens is 2. The second kappa shape index (κ2) is 10.6. The molecule has 0 spiro atoms. The second-order valence-electron chi connectivity index (χ2n) is 9.03. The van der Waals surface area contributed by atoms with Gasteiger partial charge in [-0.2, -0.15) is 0 Å². The lowest BCUT2D eigenvalue weighted by Crippen LogP contribution is -2.38. The molecule has 5 heteroatoms. The summed E-state index contributed by atoms with van der Waals surface area (Å²) >= 11 is 6.16. The number of hydrogen-bond acceptors (Lipinski definition) is 2. The summed E-state index contributed by atoms with van der Waals surface area (Å²) in [5.41, 5.74) is 4.32. The van der Waals surface area contributed by atoms with Crippen molar-refractivity contribution in [1.29, 1.82) is 0 Å². The number of nitrogens with one attached hydrogen (secondary N) is 1. The first kappa shape index (κ1) is 24.5. The molecule has 1 amide bonds. The van der Waals surface area contributed by atoms with Gasteiger partial charge < -0.3 is 5.32 Å². The number of likely N-dealkylation sites (tertiary alicyclic amines) is 1. The number of allylic oxidation sites excluding steroid dienone is 1. The molecule has 2 aromatic carbocycles. The lowest BCUT2D eigenvalue weighted by atomic mass is 9.75. The molecule has 4 rings (SSSR count). The molecule has 1 heterocycles. The van der Waals surface area contributed by atoms with Crippen molar-refractivity contribution in [1.82, 2.24) is 4.90 Å². The Kier molecular flexibility index (Phi) is 8.13. The molecule has 0 saturated carbocycles. The number of piperidine rings is 1. The van der Waals surface area contributed by atoms with E-state index in [-0.39, 0.29) is 23.1 Å². The van der Waals surface area contributed by atoms with Crippen molar-refractivity contribution < 1.29 is 9.18 Å². The number of hydrogen-bond donors (Lipinski definition) is 1. The first-order valence-corrected chi connectivity index (χ1v) is 12.0. The first-order valence-electron chi connectivity index (χ1n) is 11.6. The van der Waals surface area contributed by atoms with Crippen LogP contribution >= 0.6 is 11.6 Å². The molecule has 0 bridgehead atoms. The fourth-order valence-electron chi connectivity index (χ4n) is 4.50. The molecule has 1 N–H and O–H groups in total. The Hall–Kier alpha value is -2.17. The van der Waals surface area contributed by atoms with E-state index >= 15 is 0 Å². The number of benzene rings is 2. The summed E-state index contributed by atoms with van der Waals surface area (Å²) in [6.07, 6.45) is 6.94. The summed E-state index contributed by atoms with van der Waals surface area (Å²) in [5.74, 6) is -0.221. The van der Waals surface area contributed by atoms with Crippen LogP contribution in [0.25, 0.3) is 6.08 Å². The van der Waals surface area contributed by atoms with Crippen molar-refractivity contribution in [2.24, 2.45) is 5.92 Å². The van der Waals surface area contributed by atoms with Crippen LogP contribution in [0.2, 0.25) is 5.02 Å². The molecule has 1 saturated heterocycles. The number of nitrogens with zero attached hydrogens (tertiary/aromatic N) is 1. The van der Waals surface area contributed by atoms with Gasteiger partial charge in [0.1, 0.15) is 5.82 Å². The van der Waals surface area contributed by atoms with Crippen molar-refractivity contribution in [3.05, 3.63) is 70.0 Å². The Labute approximate surface area is 196 Å². The van der Waals surface area contributed by atoms with E-state index in [0.717, 1.165) is 49.2 Å². The van der Waals surface area contributed by atoms with E-state index in [1.807, 2.05) is 26.0 Å². The smallest absolute Gasteiger partial charge is 0.227 e. The third-order valence-electron chi connectivity index (χ3n) is 6.37. The zero-order valence-electron chi connectivity index (χ0n) is 19.6. The normalized spacial score (nSPS) is 17.8. The van der Waals surface area contributed by atoms with Crippen LogP contribution in [-0.2, 0) is 16.8 Å². The molecule has 32 heavy (non-hydrogen) atoms. The summed E-state index contributed by atoms with van der Waals surface area (Å²) in [4.78, 5) is 15.2. The molecule has 1 aliphatic heterocycles. The lowest BCUT2D eigenvalue weighted by Gasteiger charge is -2.32. The van der Waals surface area contributed by atoms with Gasteiger partial charge in [-0.15, -0.1) is 0 Å². The molecule has 3 nitrogen and oxygen atoms in total. The van der Waals surface area contributed by atoms with E-state index in [0.29, 0.717) is 11.6 Å². The van der Waals surface area contributed by atoms with E-state index in [2.05, 4.69) is 42.3 Å². The summed E-state index contributed by atoms with van der Waals surface area (Å²) in [7, 11) is 0. The van der Waals surface area contributed by atoms with Gasteiger partial charge in [0, 0.05) is 28.7 Å². The van der Waals surface area contributed by atoms with E-state index in [9.17, 15) is 9.18 Å². The van der Waals surface area contributed by atoms with Crippen molar-refractivity contribution in [3.8, 4) is 0 Å². The molecular weight excluding hydrogens is 423 g/mol. The molecule has 0 unspecified atom stereocenters. The highest BCUT2D eigenvalue weighted by molar-refractivity contribution is 6.31. The van der Waals surface area contributed by atoms with Gasteiger partial charge in [0.25, 0.3) is 0 Å². The van der Waals surface area contributed by atoms with E-state index in [4.69, 9.17) is 11.6 Å². The predicted molar refractivity (Wildman–Crippen MR) is 133 cm³/mol. The third kappa shape index (κ3) is 5.60. The Morgan fingerprint density at radius 1 is 1.19 bits per heavy atom. The maximum Gasteiger partial charge on any atom is 0.227 e. The summed E-state index contributed by atoms with van der Waals surface area (Å²) in [6, 6.07) is 10.7. The second-order valence-corrected chi connectivity index (χ2v) is 9.44. The fraction of sp³-hybridized carbons (Fsp3) is 0.444. The van der Waals surface area contributed by atoms with Crippen molar-refractivity contribution in [2.45, 2.75) is 58.9 Å². The van der Waals surface area contributed by atoms with Crippen molar-refractivity contribution in [2.75, 3.05) is 18.4 Å². The lowest BCUT2D eigenvalue weighted by molar-refractivity contribution is -0.121. The highest BCUT2D eigenvalue weighted by atomic mass is 35.5. The van der Waals surface area contributed by atoms with Crippen LogP contribution in [0.4, 0.5) is 10.1 Å². The highest BCUT2D eigenvalue weighted by Crippen LogP contribution is 2.38. The number of amides is 1. The molecule has 0 radical (unpaired) electrons. The maximum atomic E-state index is 13.2. The first-order chi connectivity index (χ1) is 15.3. The van der Waals surface area contributed by atoms with Crippen LogP contribution in [-0.4, -0.2) is 23.9 Å². The molecule has 0 atom stereocenters. The van der Waals surface area contributed by atoms with Gasteiger partial charge in [0.2, 0.25) is 5.91 Å². The minimum Gasteiger partial charge on any atom is -0.325 e. The molecule has 0 aromatic heterocycles. The third-order valence-corrected chi connectivity index (χ3v) is 6.73. The van der Waals surface area contributed by atoms with Crippen LogP contribution < -0.4 is 5.32 Å². The number of anilines is 1. The standard InChI is InChI=1S/C25H28ClFN2O.C2H6/c1-25(2)12-4-5-20-21(25)6-3-7-23(20)28-24(30)17-10-13-29(14-11-17)16-18-8-9-19(27)15-22(18)26;1-2/h3-9,15,17H,10-14,16H2,1-2H3,(H,28,30);1-2H3. The number of carbonyl (C=O) groups is 1. The van der Waals surface area contributed by atoms with Crippen molar-refractivity contribution in [3.63, 3.8) is 0 Å². The van der Waals surface area contributed by atoms with Crippen LogP contribution in [0.3, 0.4) is 0 Å². The van der Waals surface area contributed by atoms with Crippen molar-refractivity contribution >= 4 is 29.3 Å². The Morgan fingerprint density at radius 2 is 1.91 bits per heavy atom. The molecule has 2 aliphatic rings. The molecule has 1 fully saturated rings. The minimum atomic E-state index is -0.319. The van der Waals surface area contributed by atoms with Gasteiger partial charge in [-0.1, -0.05) is 69.6 Å². The van der Waals surface area contributed by atoms with Crippen LogP contribution in [0, 0.1) is 11.7 Å². The minimum absolute atomic E-state index is 0.00127. The molecule has 1 aliphatic carbocycles.